The fraction of sp³-hybridized carbons (Fsp3) is 0.833. The van der Waals surface area contributed by atoms with Crippen molar-refractivity contribution >= 4 is 0 Å². The van der Waals surface area contributed by atoms with Crippen LogP contribution in [-0.2, 0) is 14.2 Å². The van der Waals surface area contributed by atoms with Gasteiger partial charge in [0.2, 0.25) is 0 Å². The summed E-state index contributed by atoms with van der Waals surface area (Å²) in [6.07, 6.45) is 3.01. The van der Waals surface area contributed by atoms with E-state index < -0.39 is 0 Å². The lowest BCUT2D eigenvalue weighted by molar-refractivity contribution is -0.180. The molecule has 86 valence electrons. The second kappa shape index (κ2) is 4.24. The van der Waals surface area contributed by atoms with Crippen molar-refractivity contribution in [3.8, 4) is 0 Å². The summed E-state index contributed by atoms with van der Waals surface area (Å²) in [5.41, 5.74) is 1.01. The molecule has 0 bridgehead atoms. The van der Waals surface area contributed by atoms with Crippen LogP contribution in [0.1, 0.15) is 33.1 Å². The summed E-state index contributed by atoms with van der Waals surface area (Å²) in [4.78, 5) is 0. The minimum absolute atomic E-state index is 0.0465. The van der Waals surface area contributed by atoms with Gasteiger partial charge < -0.3 is 14.2 Å². The molecule has 3 unspecified atom stereocenters. The van der Waals surface area contributed by atoms with Crippen LogP contribution in [0.4, 0.5) is 0 Å². The number of hydrogen-bond donors (Lipinski definition) is 0. The van der Waals surface area contributed by atoms with Gasteiger partial charge in [0.1, 0.15) is 12.2 Å². The van der Waals surface area contributed by atoms with Crippen LogP contribution in [0.25, 0.3) is 0 Å². The van der Waals surface area contributed by atoms with Gasteiger partial charge in [0, 0.05) is 6.42 Å². The minimum Gasteiger partial charge on any atom is -0.374 e. The summed E-state index contributed by atoms with van der Waals surface area (Å²) in [6, 6.07) is 0. The van der Waals surface area contributed by atoms with Crippen molar-refractivity contribution < 1.29 is 14.2 Å². The summed E-state index contributed by atoms with van der Waals surface area (Å²) >= 11 is 0. The van der Waals surface area contributed by atoms with Crippen LogP contribution in [0.2, 0.25) is 0 Å². The number of fused-ring (bicyclic) bond motifs is 1. The highest BCUT2D eigenvalue weighted by Gasteiger charge is 2.48. The third kappa shape index (κ3) is 1.96. The Morgan fingerprint density at radius 2 is 2.20 bits per heavy atom. The molecular weight excluding hydrogens is 192 g/mol. The number of rotatable bonds is 3. The number of ether oxygens (including phenoxy) is 3. The Morgan fingerprint density at radius 1 is 1.40 bits per heavy atom. The quantitative estimate of drug-likeness (QED) is 0.672. The third-order valence-electron chi connectivity index (χ3n) is 3.19. The van der Waals surface area contributed by atoms with E-state index in [9.17, 15) is 0 Å². The van der Waals surface area contributed by atoms with Crippen LogP contribution >= 0.6 is 0 Å². The van der Waals surface area contributed by atoms with Crippen LogP contribution < -0.4 is 0 Å². The minimum atomic E-state index is -0.388. The Labute approximate surface area is 91.4 Å². The molecule has 2 heterocycles. The maximum Gasteiger partial charge on any atom is 0.169 e. The Hall–Kier alpha value is -0.380. The van der Waals surface area contributed by atoms with Crippen molar-refractivity contribution in [1.29, 1.82) is 0 Å². The zero-order valence-electron chi connectivity index (χ0n) is 9.62. The SMILES string of the molecule is C=C1COCC2OC(CC)(CCC)OC12. The molecule has 0 spiro atoms. The number of hydrogen-bond acceptors (Lipinski definition) is 3. The highest BCUT2D eigenvalue weighted by molar-refractivity contribution is 5.11. The fourth-order valence-electron chi connectivity index (χ4n) is 2.37. The highest BCUT2D eigenvalue weighted by Crippen LogP contribution is 2.39. The summed E-state index contributed by atoms with van der Waals surface area (Å²) in [6.45, 7) is 9.49. The molecule has 2 saturated heterocycles. The normalized spacial score (nSPS) is 40.5. The molecule has 2 aliphatic rings. The lowest BCUT2D eigenvalue weighted by Crippen LogP contribution is -2.35. The molecule has 3 heteroatoms. The van der Waals surface area contributed by atoms with Crippen molar-refractivity contribution in [2.24, 2.45) is 0 Å². The van der Waals surface area contributed by atoms with E-state index in [2.05, 4.69) is 20.4 Å². The molecule has 2 fully saturated rings. The molecular formula is C12H20O3. The highest BCUT2D eigenvalue weighted by atomic mass is 16.8. The van der Waals surface area contributed by atoms with Gasteiger partial charge >= 0.3 is 0 Å². The van der Waals surface area contributed by atoms with Gasteiger partial charge in [0.15, 0.2) is 5.79 Å². The maximum atomic E-state index is 6.05. The first-order valence-corrected chi connectivity index (χ1v) is 5.82. The van der Waals surface area contributed by atoms with E-state index in [1.165, 1.54) is 0 Å². The fourth-order valence-corrected chi connectivity index (χ4v) is 2.37. The topological polar surface area (TPSA) is 27.7 Å². The molecule has 3 nitrogen and oxygen atoms in total. The molecule has 0 aliphatic carbocycles. The standard InChI is InChI=1S/C12H20O3/c1-4-6-12(5-2)14-10-8-13-7-9(3)11(10)15-12/h10-11H,3-8H2,1-2H3. The molecule has 0 saturated carbocycles. The third-order valence-corrected chi connectivity index (χ3v) is 3.19. The summed E-state index contributed by atoms with van der Waals surface area (Å²) in [5.74, 6) is -0.388. The predicted molar refractivity (Wildman–Crippen MR) is 57.6 cm³/mol. The van der Waals surface area contributed by atoms with Crippen LogP contribution in [0.3, 0.4) is 0 Å². The predicted octanol–water partition coefficient (Wildman–Crippen LogP) is 2.26. The van der Waals surface area contributed by atoms with E-state index in [0.717, 1.165) is 24.8 Å². The largest absolute Gasteiger partial charge is 0.374 e. The van der Waals surface area contributed by atoms with E-state index in [-0.39, 0.29) is 18.0 Å². The van der Waals surface area contributed by atoms with Gasteiger partial charge in [-0.25, -0.2) is 0 Å². The van der Waals surface area contributed by atoms with Gasteiger partial charge in [0.05, 0.1) is 13.2 Å². The van der Waals surface area contributed by atoms with Crippen molar-refractivity contribution in [2.45, 2.75) is 51.1 Å². The second-order valence-electron chi connectivity index (χ2n) is 4.38. The summed E-state index contributed by atoms with van der Waals surface area (Å²) in [5, 5.41) is 0. The van der Waals surface area contributed by atoms with Gasteiger partial charge in [-0.2, -0.15) is 0 Å². The Morgan fingerprint density at radius 3 is 2.80 bits per heavy atom. The zero-order valence-corrected chi connectivity index (χ0v) is 9.62. The van der Waals surface area contributed by atoms with E-state index >= 15 is 0 Å². The summed E-state index contributed by atoms with van der Waals surface area (Å²) in [7, 11) is 0. The zero-order chi connectivity index (χ0) is 10.9. The van der Waals surface area contributed by atoms with Crippen LogP contribution in [0.15, 0.2) is 12.2 Å². The van der Waals surface area contributed by atoms with Gasteiger partial charge in [-0.15, -0.1) is 0 Å². The molecule has 2 aliphatic heterocycles. The average Bonchev–Trinajstić information content (AvgIpc) is 2.59. The van der Waals surface area contributed by atoms with Gasteiger partial charge in [-0.3, -0.25) is 0 Å². The first-order valence-electron chi connectivity index (χ1n) is 5.82. The molecule has 0 N–H and O–H groups in total. The molecule has 0 radical (unpaired) electrons. The van der Waals surface area contributed by atoms with Crippen molar-refractivity contribution in [2.75, 3.05) is 13.2 Å². The average molecular weight is 212 g/mol. The smallest absolute Gasteiger partial charge is 0.169 e. The van der Waals surface area contributed by atoms with Crippen molar-refractivity contribution in [3.63, 3.8) is 0 Å². The van der Waals surface area contributed by atoms with Gasteiger partial charge in [-0.1, -0.05) is 26.8 Å². The summed E-state index contributed by atoms with van der Waals surface area (Å²) < 4.78 is 17.5. The van der Waals surface area contributed by atoms with Gasteiger partial charge in [0.25, 0.3) is 0 Å². The molecule has 0 aromatic rings. The lowest BCUT2D eigenvalue weighted by Gasteiger charge is -2.26. The van der Waals surface area contributed by atoms with Crippen LogP contribution in [-0.4, -0.2) is 31.2 Å². The van der Waals surface area contributed by atoms with Gasteiger partial charge in [-0.05, 0) is 12.0 Å². The first kappa shape index (κ1) is 11.1. The molecule has 0 aromatic carbocycles. The Balaban J connectivity index is 2.10. The van der Waals surface area contributed by atoms with E-state index in [1.54, 1.807) is 0 Å². The molecule has 0 amide bonds. The Bertz CT molecular complexity index is 251. The van der Waals surface area contributed by atoms with E-state index in [4.69, 9.17) is 14.2 Å². The lowest BCUT2D eigenvalue weighted by atomic mass is 10.1. The molecule has 3 atom stereocenters. The first-order chi connectivity index (χ1) is 7.21. The monoisotopic (exact) mass is 212 g/mol. The Kier molecular flexibility index (Phi) is 3.14. The molecule has 15 heavy (non-hydrogen) atoms. The second-order valence-corrected chi connectivity index (χ2v) is 4.38. The van der Waals surface area contributed by atoms with Crippen LogP contribution in [0.5, 0.6) is 0 Å². The van der Waals surface area contributed by atoms with E-state index in [0.29, 0.717) is 13.2 Å². The molecule has 2 rings (SSSR count). The van der Waals surface area contributed by atoms with E-state index in [1.807, 2.05) is 0 Å². The van der Waals surface area contributed by atoms with Crippen molar-refractivity contribution in [3.05, 3.63) is 12.2 Å². The van der Waals surface area contributed by atoms with Crippen LogP contribution in [0, 0.1) is 0 Å². The molecule has 0 aromatic heterocycles. The van der Waals surface area contributed by atoms with Crippen molar-refractivity contribution in [1.82, 2.24) is 0 Å². The maximum absolute atomic E-state index is 6.05.